The first-order valence-corrected chi connectivity index (χ1v) is 10.1. The lowest BCUT2D eigenvalue weighted by molar-refractivity contribution is 0.0213. The summed E-state index contributed by atoms with van der Waals surface area (Å²) in [5.74, 6) is 0.625. The van der Waals surface area contributed by atoms with Crippen LogP contribution in [0.25, 0.3) is 0 Å². The molecular formula is C17H28N2O5S. The summed E-state index contributed by atoms with van der Waals surface area (Å²) in [5.41, 5.74) is 0. The largest absolute Gasteiger partial charge is 0.491 e. The van der Waals surface area contributed by atoms with E-state index in [1.807, 2.05) is 13.8 Å². The lowest BCUT2D eigenvalue weighted by Gasteiger charge is -2.32. The van der Waals surface area contributed by atoms with Gasteiger partial charge in [0.15, 0.2) is 0 Å². The molecule has 1 fully saturated rings. The molecule has 0 aliphatic carbocycles. The second-order valence-electron chi connectivity index (χ2n) is 5.87. The van der Waals surface area contributed by atoms with Crippen molar-refractivity contribution in [3.8, 4) is 5.75 Å². The molecule has 7 nitrogen and oxygen atoms in total. The third-order valence-corrected chi connectivity index (χ3v) is 5.51. The topological polar surface area (TPSA) is 77.1 Å². The van der Waals surface area contributed by atoms with E-state index in [9.17, 15) is 8.42 Å². The molecule has 25 heavy (non-hydrogen) atoms. The Balaban J connectivity index is 1.83. The molecule has 0 bridgehead atoms. The zero-order chi connectivity index (χ0) is 18.1. The molecule has 1 N–H and O–H groups in total. The minimum absolute atomic E-state index is 0.125. The van der Waals surface area contributed by atoms with Gasteiger partial charge >= 0.3 is 0 Å². The van der Waals surface area contributed by atoms with Crippen molar-refractivity contribution in [2.75, 3.05) is 52.7 Å². The Morgan fingerprint density at radius 3 is 2.52 bits per heavy atom. The molecule has 0 aromatic heterocycles. The maximum atomic E-state index is 12.4. The van der Waals surface area contributed by atoms with E-state index in [0.29, 0.717) is 45.3 Å². The monoisotopic (exact) mass is 372 g/mol. The zero-order valence-electron chi connectivity index (χ0n) is 14.9. The molecule has 1 aromatic rings. The van der Waals surface area contributed by atoms with Crippen molar-refractivity contribution in [3.05, 3.63) is 24.3 Å². The highest BCUT2D eigenvalue weighted by molar-refractivity contribution is 7.89. The summed E-state index contributed by atoms with van der Waals surface area (Å²) in [6.07, 6.45) is 0. The van der Waals surface area contributed by atoms with Gasteiger partial charge in [-0.05, 0) is 38.1 Å². The number of nitrogens with one attached hydrogen (secondary N) is 1. The Kier molecular flexibility index (Phi) is 8.11. The minimum Gasteiger partial charge on any atom is -0.491 e. The SMILES string of the molecule is CCOCCOc1ccc(S(=O)(=O)NCC(C)N2CCOCC2)cc1. The molecular weight excluding hydrogens is 344 g/mol. The average Bonchev–Trinajstić information content (AvgIpc) is 2.64. The number of nitrogens with zero attached hydrogens (tertiary/aromatic N) is 1. The first kappa shape index (κ1) is 20.1. The third-order valence-electron chi connectivity index (χ3n) is 4.07. The smallest absolute Gasteiger partial charge is 0.240 e. The van der Waals surface area contributed by atoms with Crippen molar-refractivity contribution in [1.29, 1.82) is 0 Å². The van der Waals surface area contributed by atoms with Crippen LogP contribution in [0.3, 0.4) is 0 Å². The van der Waals surface area contributed by atoms with Crippen LogP contribution in [-0.2, 0) is 19.5 Å². The van der Waals surface area contributed by atoms with Gasteiger partial charge in [-0.15, -0.1) is 0 Å². The maximum absolute atomic E-state index is 12.4. The van der Waals surface area contributed by atoms with E-state index in [4.69, 9.17) is 14.2 Å². The molecule has 2 rings (SSSR count). The Morgan fingerprint density at radius 1 is 1.20 bits per heavy atom. The van der Waals surface area contributed by atoms with Crippen LogP contribution in [0.1, 0.15) is 13.8 Å². The minimum atomic E-state index is -3.53. The number of benzene rings is 1. The number of sulfonamides is 1. The molecule has 142 valence electrons. The first-order chi connectivity index (χ1) is 12.0. The molecule has 1 unspecified atom stereocenters. The van der Waals surface area contributed by atoms with E-state index in [1.165, 1.54) is 0 Å². The van der Waals surface area contributed by atoms with Gasteiger partial charge in [-0.3, -0.25) is 4.90 Å². The van der Waals surface area contributed by atoms with Gasteiger partial charge in [0.1, 0.15) is 12.4 Å². The number of ether oxygens (including phenoxy) is 3. The number of hydrogen-bond donors (Lipinski definition) is 1. The second-order valence-corrected chi connectivity index (χ2v) is 7.63. The molecule has 0 saturated carbocycles. The Bertz CT molecular complexity index is 600. The fourth-order valence-electron chi connectivity index (χ4n) is 2.54. The zero-order valence-corrected chi connectivity index (χ0v) is 15.8. The van der Waals surface area contributed by atoms with E-state index in [0.717, 1.165) is 13.1 Å². The van der Waals surface area contributed by atoms with Crippen LogP contribution in [0.5, 0.6) is 5.75 Å². The van der Waals surface area contributed by atoms with Gasteiger partial charge in [-0.2, -0.15) is 0 Å². The summed E-state index contributed by atoms with van der Waals surface area (Å²) in [7, 11) is -3.53. The highest BCUT2D eigenvalue weighted by Gasteiger charge is 2.20. The molecule has 0 radical (unpaired) electrons. The van der Waals surface area contributed by atoms with Crippen LogP contribution < -0.4 is 9.46 Å². The van der Waals surface area contributed by atoms with Crippen molar-refractivity contribution in [2.24, 2.45) is 0 Å². The lowest BCUT2D eigenvalue weighted by Crippen LogP contribution is -2.47. The molecule has 1 heterocycles. The molecule has 1 saturated heterocycles. The summed E-state index contributed by atoms with van der Waals surface area (Å²) in [4.78, 5) is 2.46. The Labute approximate surface area is 150 Å². The first-order valence-electron chi connectivity index (χ1n) is 8.65. The Hall–Kier alpha value is -1.19. The van der Waals surface area contributed by atoms with Gasteiger partial charge in [-0.25, -0.2) is 13.1 Å². The van der Waals surface area contributed by atoms with Crippen molar-refractivity contribution in [3.63, 3.8) is 0 Å². The number of morpholine rings is 1. The van der Waals surface area contributed by atoms with E-state index in [1.54, 1.807) is 24.3 Å². The highest BCUT2D eigenvalue weighted by Crippen LogP contribution is 2.16. The normalized spacial score (nSPS) is 17.4. The van der Waals surface area contributed by atoms with Crippen molar-refractivity contribution in [1.82, 2.24) is 9.62 Å². The molecule has 8 heteroatoms. The lowest BCUT2D eigenvalue weighted by atomic mass is 10.2. The summed E-state index contributed by atoms with van der Waals surface area (Å²) >= 11 is 0. The average molecular weight is 372 g/mol. The fraction of sp³-hybridized carbons (Fsp3) is 0.647. The third kappa shape index (κ3) is 6.56. The summed E-state index contributed by atoms with van der Waals surface area (Å²) in [6.45, 7) is 8.96. The Morgan fingerprint density at radius 2 is 1.88 bits per heavy atom. The van der Waals surface area contributed by atoms with Crippen molar-refractivity contribution in [2.45, 2.75) is 24.8 Å². The predicted molar refractivity (Wildman–Crippen MR) is 95.5 cm³/mol. The number of hydrogen-bond acceptors (Lipinski definition) is 6. The molecule has 1 aliphatic rings. The van der Waals surface area contributed by atoms with Crippen molar-refractivity contribution >= 4 is 10.0 Å². The molecule has 1 aliphatic heterocycles. The predicted octanol–water partition coefficient (Wildman–Crippen LogP) is 1.10. The summed E-state index contributed by atoms with van der Waals surface area (Å²) < 4.78 is 43.5. The van der Waals surface area contributed by atoms with Crippen LogP contribution in [-0.4, -0.2) is 72.0 Å². The second kappa shape index (κ2) is 10.1. The van der Waals surface area contributed by atoms with Crippen LogP contribution in [0, 0.1) is 0 Å². The standard InChI is InChI=1S/C17H28N2O5S/c1-3-22-12-13-24-16-4-6-17(7-5-16)25(20,21)18-14-15(2)19-8-10-23-11-9-19/h4-7,15,18H,3,8-14H2,1-2H3. The van der Waals surface area contributed by atoms with E-state index < -0.39 is 10.0 Å². The van der Waals surface area contributed by atoms with Crippen LogP contribution in [0.15, 0.2) is 29.2 Å². The van der Waals surface area contributed by atoms with E-state index in [-0.39, 0.29) is 10.9 Å². The van der Waals surface area contributed by atoms with Gasteiger partial charge in [0.25, 0.3) is 0 Å². The van der Waals surface area contributed by atoms with Gasteiger partial charge in [0, 0.05) is 32.3 Å². The van der Waals surface area contributed by atoms with Crippen LogP contribution in [0.2, 0.25) is 0 Å². The van der Waals surface area contributed by atoms with Crippen molar-refractivity contribution < 1.29 is 22.6 Å². The quantitative estimate of drug-likeness (QED) is 0.620. The maximum Gasteiger partial charge on any atom is 0.240 e. The van der Waals surface area contributed by atoms with Gasteiger partial charge in [0.05, 0.1) is 24.7 Å². The van der Waals surface area contributed by atoms with E-state index in [2.05, 4.69) is 9.62 Å². The molecule has 0 amide bonds. The summed E-state index contributed by atoms with van der Waals surface area (Å²) in [6, 6.07) is 6.55. The highest BCUT2D eigenvalue weighted by atomic mass is 32.2. The van der Waals surface area contributed by atoms with Crippen LogP contribution in [0.4, 0.5) is 0 Å². The summed E-state index contributed by atoms with van der Waals surface area (Å²) in [5, 5.41) is 0. The molecule has 1 aromatic carbocycles. The van der Waals surface area contributed by atoms with Gasteiger partial charge in [0.2, 0.25) is 10.0 Å². The molecule has 1 atom stereocenters. The van der Waals surface area contributed by atoms with E-state index >= 15 is 0 Å². The molecule has 0 spiro atoms. The fourth-order valence-corrected chi connectivity index (χ4v) is 3.66. The van der Waals surface area contributed by atoms with Gasteiger partial charge < -0.3 is 14.2 Å². The van der Waals surface area contributed by atoms with Gasteiger partial charge in [-0.1, -0.05) is 0 Å². The van der Waals surface area contributed by atoms with Crippen LogP contribution >= 0.6 is 0 Å². The number of rotatable bonds is 10.